The summed E-state index contributed by atoms with van der Waals surface area (Å²) in [7, 11) is 0. The normalized spacial score (nSPS) is 10.5. The maximum atomic E-state index is 11.9. The van der Waals surface area contributed by atoms with Crippen molar-refractivity contribution in [3.8, 4) is 5.75 Å². The number of anilines is 1. The molecular weight excluding hydrogens is 350 g/mol. The maximum Gasteiger partial charge on any atom is 0.277 e. The van der Waals surface area contributed by atoms with Crippen molar-refractivity contribution >= 4 is 23.4 Å². The molecule has 0 saturated carbocycles. The highest BCUT2D eigenvalue weighted by Gasteiger charge is 2.11. The minimum absolute atomic E-state index is 0.132. The minimum Gasteiger partial charge on any atom is -0.484 e. The number of thioether (sulfide) groups is 1. The molecule has 0 saturated heterocycles. The van der Waals surface area contributed by atoms with Crippen LogP contribution in [-0.4, -0.2) is 21.9 Å². The summed E-state index contributed by atoms with van der Waals surface area (Å²) in [6, 6.07) is 15.3. The number of para-hydroxylation sites is 1. The number of carbonyl (C=O) groups excluding carboxylic acids is 1. The number of aryl methyl sites for hydroxylation is 2. The molecule has 6 nitrogen and oxygen atoms in total. The highest BCUT2D eigenvalue weighted by atomic mass is 32.2. The van der Waals surface area contributed by atoms with Gasteiger partial charge in [-0.15, -0.1) is 10.2 Å². The van der Waals surface area contributed by atoms with E-state index in [2.05, 4.69) is 15.5 Å². The summed E-state index contributed by atoms with van der Waals surface area (Å²) in [6.45, 7) is 4.18. The molecule has 134 valence electrons. The zero-order valence-corrected chi connectivity index (χ0v) is 15.4. The van der Waals surface area contributed by atoms with Gasteiger partial charge in [-0.05, 0) is 43.2 Å². The molecular formula is C19H19N3O3S. The summed E-state index contributed by atoms with van der Waals surface area (Å²) in [4.78, 5) is 11.9. The van der Waals surface area contributed by atoms with Crippen LogP contribution in [0.5, 0.6) is 5.75 Å². The number of amides is 1. The SMILES string of the molecule is Cc1ccc(C)c(OCc2nnc(SCC(=O)Nc3ccccc3)o2)c1. The summed E-state index contributed by atoms with van der Waals surface area (Å²) >= 11 is 1.19. The van der Waals surface area contributed by atoms with E-state index in [1.54, 1.807) is 0 Å². The van der Waals surface area contributed by atoms with Gasteiger partial charge in [0.1, 0.15) is 5.75 Å². The van der Waals surface area contributed by atoms with Gasteiger partial charge >= 0.3 is 0 Å². The van der Waals surface area contributed by atoms with Crippen LogP contribution >= 0.6 is 11.8 Å². The van der Waals surface area contributed by atoms with Crippen LogP contribution in [0.1, 0.15) is 17.0 Å². The third kappa shape index (κ3) is 5.10. The first kappa shape index (κ1) is 18.0. The summed E-state index contributed by atoms with van der Waals surface area (Å²) in [5, 5.41) is 11.0. The Kier molecular flexibility index (Phi) is 5.91. The van der Waals surface area contributed by atoms with Gasteiger partial charge in [0.25, 0.3) is 11.1 Å². The molecule has 1 amide bonds. The first-order valence-corrected chi connectivity index (χ1v) is 9.09. The molecule has 0 radical (unpaired) electrons. The number of nitrogens with zero attached hydrogens (tertiary/aromatic N) is 2. The minimum atomic E-state index is -0.132. The Labute approximate surface area is 156 Å². The van der Waals surface area contributed by atoms with E-state index in [4.69, 9.17) is 9.15 Å². The Hall–Kier alpha value is -2.80. The van der Waals surface area contributed by atoms with Crippen molar-refractivity contribution in [3.63, 3.8) is 0 Å². The molecule has 1 aromatic heterocycles. The Balaban J connectivity index is 1.48. The van der Waals surface area contributed by atoms with Crippen LogP contribution in [0.2, 0.25) is 0 Å². The first-order chi connectivity index (χ1) is 12.6. The van der Waals surface area contributed by atoms with Gasteiger partial charge in [-0.3, -0.25) is 4.79 Å². The van der Waals surface area contributed by atoms with Crippen LogP contribution in [0, 0.1) is 13.8 Å². The molecule has 7 heteroatoms. The van der Waals surface area contributed by atoms with E-state index in [-0.39, 0.29) is 18.3 Å². The molecule has 0 aliphatic heterocycles. The standard InChI is InChI=1S/C19H19N3O3S/c1-13-8-9-14(2)16(10-13)24-11-18-21-22-19(25-18)26-12-17(23)20-15-6-4-3-5-7-15/h3-10H,11-12H2,1-2H3,(H,20,23). The average molecular weight is 369 g/mol. The van der Waals surface area contributed by atoms with E-state index in [1.165, 1.54) is 11.8 Å². The Morgan fingerprint density at radius 1 is 1.15 bits per heavy atom. The van der Waals surface area contributed by atoms with Crippen LogP contribution in [0.3, 0.4) is 0 Å². The quantitative estimate of drug-likeness (QED) is 0.635. The number of benzene rings is 2. The zero-order valence-electron chi connectivity index (χ0n) is 14.6. The predicted octanol–water partition coefficient (Wildman–Crippen LogP) is 4.00. The summed E-state index contributed by atoms with van der Waals surface area (Å²) in [5.74, 6) is 1.22. The number of carbonyl (C=O) groups is 1. The van der Waals surface area contributed by atoms with E-state index in [0.717, 1.165) is 22.6 Å². The summed E-state index contributed by atoms with van der Waals surface area (Å²) < 4.78 is 11.2. The number of hydrogen-bond acceptors (Lipinski definition) is 6. The highest BCUT2D eigenvalue weighted by Crippen LogP contribution is 2.21. The second-order valence-electron chi connectivity index (χ2n) is 5.72. The molecule has 3 aromatic rings. The van der Waals surface area contributed by atoms with E-state index in [9.17, 15) is 4.79 Å². The van der Waals surface area contributed by atoms with E-state index in [1.807, 2.05) is 62.4 Å². The molecule has 2 aromatic carbocycles. The molecule has 3 rings (SSSR count). The monoisotopic (exact) mass is 369 g/mol. The number of hydrogen-bond donors (Lipinski definition) is 1. The number of rotatable bonds is 7. The van der Waals surface area contributed by atoms with Gasteiger partial charge in [0.05, 0.1) is 5.75 Å². The van der Waals surface area contributed by atoms with Gasteiger partial charge in [-0.2, -0.15) is 0 Å². The van der Waals surface area contributed by atoms with E-state index < -0.39 is 0 Å². The summed E-state index contributed by atoms with van der Waals surface area (Å²) in [5.41, 5.74) is 2.92. The third-order valence-corrected chi connectivity index (χ3v) is 4.35. The highest BCUT2D eigenvalue weighted by molar-refractivity contribution is 7.99. The number of ether oxygens (including phenoxy) is 1. The fourth-order valence-electron chi connectivity index (χ4n) is 2.20. The Morgan fingerprint density at radius 3 is 2.77 bits per heavy atom. The topological polar surface area (TPSA) is 77.2 Å². The number of aromatic nitrogens is 2. The molecule has 0 fully saturated rings. The van der Waals surface area contributed by atoms with Crippen molar-refractivity contribution in [1.82, 2.24) is 10.2 Å². The fourth-order valence-corrected chi connectivity index (χ4v) is 2.78. The zero-order chi connectivity index (χ0) is 18.4. The molecule has 0 unspecified atom stereocenters. The molecule has 0 bridgehead atoms. The van der Waals surface area contributed by atoms with Gasteiger partial charge in [0, 0.05) is 5.69 Å². The summed E-state index contributed by atoms with van der Waals surface area (Å²) in [6.07, 6.45) is 0. The molecule has 1 heterocycles. The Morgan fingerprint density at radius 2 is 1.96 bits per heavy atom. The molecule has 26 heavy (non-hydrogen) atoms. The fraction of sp³-hybridized carbons (Fsp3) is 0.211. The van der Waals surface area contributed by atoms with Gasteiger partial charge in [0.2, 0.25) is 5.91 Å². The smallest absolute Gasteiger partial charge is 0.277 e. The largest absolute Gasteiger partial charge is 0.484 e. The first-order valence-electron chi connectivity index (χ1n) is 8.10. The van der Waals surface area contributed by atoms with Gasteiger partial charge < -0.3 is 14.5 Å². The average Bonchev–Trinajstić information content (AvgIpc) is 3.09. The second kappa shape index (κ2) is 8.53. The van der Waals surface area contributed by atoms with Crippen LogP contribution in [0.25, 0.3) is 0 Å². The molecule has 1 N–H and O–H groups in total. The lowest BCUT2D eigenvalue weighted by atomic mass is 10.1. The predicted molar refractivity (Wildman–Crippen MR) is 100 cm³/mol. The molecule has 0 aliphatic carbocycles. The van der Waals surface area contributed by atoms with Crippen LogP contribution in [-0.2, 0) is 11.4 Å². The van der Waals surface area contributed by atoms with Crippen LogP contribution in [0.15, 0.2) is 58.2 Å². The third-order valence-electron chi connectivity index (χ3n) is 3.53. The van der Waals surface area contributed by atoms with Crippen molar-refractivity contribution in [2.75, 3.05) is 11.1 Å². The van der Waals surface area contributed by atoms with Gasteiger partial charge in [-0.25, -0.2) is 0 Å². The second-order valence-corrected chi connectivity index (χ2v) is 6.65. The van der Waals surface area contributed by atoms with Gasteiger partial charge in [0.15, 0.2) is 6.61 Å². The van der Waals surface area contributed by atoms with Crippen molar-refractivity contribution < 1.29 is 13.9 Å². The van der Waals surface area contributed by atoms with Crippen molar-refractivity contribution in [2.45, 2.75) is 25.7 Å². The van der Waals surface area contributed by atoms with Crippen molar-refractivity contribution in [3.05, 3.63) is 65.5 Å². The lowest BCUT2D eigenvalue weighted by Crippen LogP contribution is -2.13. The van der Waals surface area contributed by atoms with Crippen LogP contribution < -0.4 is 10.1 Å². The lowest BCUT2D eigenvalue weighted by molar-refractivity contribution is -0.113. The van der Waals surface area contributed by atoms with Crippen molar-refractivity contribution in [1.29, 1.82) is 0 Å². The number of nitrogens with one attached hydrogen (secondary N) is 1. The van der Waals surface area contributed by atoms with E-state index >= 15 is 0 Å². The van der Waals surface area contributed by atoms with Gasteiger partial charge in [-0.1, -0.05) is 42.1 Å². The van der Waals surface area contributed by atoms with E-state index in [0.29, 0.717) is 11.1 Å². The van der Waals surface area contributed by atoms with Crippen molar-refractivity contribution in [2.24, 2.45) is 0 Å². The maximum absolute atomic E-state index is 11.9. The molecule has 0 atom stereocenters. The Bertz CT molecular complexity index is 881. The lowest BCUT2D eigenvalue weighted by Gasteiger charge is -2.07. The van der Waals surface area contributed by atoms with Crippen LogP contribution in [0.4, 0.5) is 5.69 Å². The molecule has 0 aliphatic rings. The molecule has 0 spiro atoms.